The van der Waals surface area contributed by atoms with E-state index in [1.165, 1.54) is 18.2 Å². The summed E-state index contributed by atoms with van der Waals surface area (Å²) < 4.78 is 13.6. The van der Waals surface area contributed by atoms with Crippen LogP contribution in [0.15, 0.2) is 24.3 Å². The summed E-state index contributed by atoms with van der Waals surface area (Å²) >= 11 is 0. The molecular formula is C12H10FN3O3. The lowest BCUT2D eigenvalue weighted by Gasteiger charge is -2.05. The van der Waals surface area contributed by atoms with Gasteiger partial charge < -0.3 is 10.4 Å². The van der Waals surface area contributed by atoms with E-state index in [1.807, 2.05) is 0 Å². The number of carboxylic acids is 1. The second kappa shape index (κ2) is 4.89. The number of nitrogens with one attached hydrogen (secondary N) is 2. The number of carboxylic acid groups (broad SMARTS) is 1. The molecule has 98 valence electrons. The van der Waals surface area contributed by atoms with Crippen LogP contribution in [0.5, 0.6) is 0 Å². The van der Waals surface area contributed by atoms with Crippen LogP contribution in [0, 0.1) is 12.7 Å². The van der Waals surface area contributed by atoms with Crippen LogP contribution in [0.1, 0.15) is 26.5 Å². The van der Waals surface area contributed by atoms with Crippen molar-refractivity contribution in [2.24, 2.45) is 0 Å². The van der Waals surface area contributed by atoms with Gasteiger partial charge in [0.2, 0.25) is 0 Å². The lowest BCUT2D eigenvalue weighted by Crippen LogP contribution is -2.14. The van der Waals surface area contributed by atoms with Gasteiger partial charge in [0, 0.05) is 5.69 Å². The maximum absolute atomic E-state index is 13.6. The molecule has 0 radical (unpaired) electrons. The Hall–Kier alpha value is -2.70. The van der Waals surface area contributed by atoms with Crippen molar-refractivity contribution < 1.29 is 19.1 Å². The summed E-state index contributed by atoms with van der Waals surface area (Å²) in [4.78, 5) is 22.4. The number of aromatic carboxylic acids is 1. The highest BCUT2D eigenvalue weighted by Gasteiger charge is 2.13. The van der Waals surface area contributed by atoms with Gasteiger partial charge in [0.25, 0.3) is 5.91 Å². The Kier molecular flexibility index (Phi) is 3.28. The molecule has 0 saturated carbocycles. The number of aromatic nitrogens is 2. The Morgan fingerprint density at radius 3 is 2.63 bits per heavy atom. The number of anilines is 1. The first-order chi connectivity index (χ1) is 8.97. The number of hydrogen-bond donors (Lipinski definition) is 3. The van der Waals surface area contributed by atoms with Crippen LogP contribution in [0.2, 0.25) is 0 Å². The molecule has 1 aromatic carbocycles. The molecule has 1 amide bonds. The van der Waals surface area contributed by atoms with Gasteiger partial charge in [0.1, 0.15) is 5.82 Å². The first kappa shape index (κ1) is 12.7. The molecular weight excluding hydrogens is 253 g/mol. The Morgan fingerprint density at radius 2 is 2.11 bits per heavy atom. The van der Waals surface area contributed by atoms with E-state index in [0.717, 1.165) is 6.07 Å². The standard InChI is InChI=1S/C12H10FN3O3/c1-6-4-10(16-15-6)11(17)14-9-3-2-7(12(18)19)5-8(9)13/h2-5H,1H3,(H,14,17)(H,15,16)(H,18,19). The summed E-state index contributed by atoms with van der Waals surface area (Å²) in [5.41, 5.74) is 0.535. The summed E-state index contributed by atoms with van der Waals surface area (Å²) in [6.45, 7) is 1.73. The lowest BCUT2D eigenvalue weighted by molar-refractivity contribution is 0.0696. The fraction of sp³-hybridized carbons (Fsp3) is 0.0833. The van der Waals surface area contributed by atoms with E-state index in [0.29, 0.717) is 5.69 Å². The topological polar surface area (TPSA) is 95.1 Å². The van der Waals surface area contributed by atoms with Gasteiger partial charge in [-0.05, 0) is 31.2 Å². The van der Waals surface area contributed by atoms with Crippen LogP contribution < -0.4 is 5.32 Å². The van der Waals surface area contributed by atoms with Crippen molar-refractivity contribution in [3.05, 3.63) is 47.0 Å². The third kappa shape index (κ3) is 2.76. The maximum Gasteiger partial charge on any atom is 0.335 e. The van der Waals surface area contributed by atoms with Crippen molar-refractivity contribution >= 4 is 17.6 Å². The summed E-state index contributed by atoms with van der Waals surface area (Å²) in [6, 6.07) is 4.75. The molecule has 0 spiro atoms. The van der Waals surface area contributed by atoms with E-state index in [2.05, 4.69) is 15.5 Å². The van der Waals surface area contributed by atoms with E-state index in [9.17, 15) is 14.0 Å². The third-order valence-electron chi connectivity index (χ3n) is 2.40. The van der Waals surface area contributed by atoms with E-state index in [1.54, 1.807) is 6.92 Å². The molecule has 1 aromatic heterocycles. The minimum absolute atomic E-state index is 0.101. The first-order valence-electron chi connectivity index (χ1n) is 5.33. The molecule has 6 nitrogen and oxygen atoms in total. The molecule has 2 aromatic rings. The van der Waals surface area contributed by atoms with Crippen LogP contribution >= 0.6 is 0 Å². The van der Waals surface area contributed by atoms with Crippen LogP contribution in [0.3, 0.4) is 0 Å². The van der Waals surface area contributed by atoms with E-state index < -0.39 is 17.7 Å². The van der Waals surface area contributed by atoms with Crippen molar-refractivity contribution in [1.82, 2.24) is 10.2 Å². The first-order valence-corrected chi connectivity index (χ1v) is 5.33. The van der Waals surface area contributed by atoms with Gasteiger partial charge in [-0.2, -0.15) is 5.10 Å². The second-order valence-electron chi connectivity index (χ2n) is 3.89. The number of amides is 1. The predicted molar refractivity (Wildman–Crippen MR) is 64.6 cm³/mol. The summed E-state index contributed by atoms with van der Waals surface area (Å²) in [5, 5.41) is 17.3. The molecule has 0 unspecified atom stereocenters. The van der Waals surface area contributed by atoms with Gasteiger partial charge in [-0.25, -0.2) is 9.18 Å². The van der Waals surface area contributed by atoms with Crippen LogP contribution in [-0.4, -0.2) is 27.2 Å². The van der Waals surface area contributed by atoms with Crippen molar-refractivity contribution in [2.75, 3.05) is 5.32 Å². The van der Waals surface area contributed by atoms with E-state index in [4.69, 9.17) is 5.11 Å². The van der Waals surface area contributed by atoms with Crippen LogP contribution in [-0.2, 0) is 0 Å². The van der Waals surface area contributed by atoms with Gasteiger partial charge in [0.05, 0.1) is 11.3 Å². The largest absolute Gasteiger partial charge is 0.478 e. The number of aryl methyl sites for hydroxylation is 1. The summed E-state index contributed by atoms with van der Waals surface area (Å²) in [7, 11) is 0. The van der Waals surface area contributed by atoms with Crippen molar-refractivity contribution in [3.63, 3.8) is 0 Å². The Labute approximate surface area is 107 Å². The van der Waals surface area contributed by atoms with Gasteiger partial charge in [0.15, 0.2) is 5.69 Å². The number of hydrogen-bond acceptors (Lipinski definition) is 3. The smallest absolute Gasteiger partial charge is 0.335 e. The maximum atomic E-state index is 13.6. The van der Waals surface area contributed by atoms with Gasteiger partial charge in [-0.1, -0.05) is 0 Å². The molecule has 1 heterocycles. The zero-order valence-corrected chi connectivity index (χ0v) is 9.90. The second-order valence-corrected chi connectivity index (χ2v) is 3.89. The number of carbonyl (C=O) groups excluding carboxylic acids is 1. The molecule has 19 heavy (non-hydrogen) atoms. The molecule has 3 N–H and O–H groups in total. The Morgan fingerprint density at radius 1 is 1.37 bits per heavy atom. The highest BCUT2D eigenvalue weighted by Crippen LogP contribution is 2.16. The molecule has 0 aliphatic rings. The Bertz CT molecular complexity index is 651. The van der Waals surface area contributed by atoms with Crippen LogP contribution in [0.4, 0.5) is 10.1 Å². The van der Waals surface area contributed by atoms with Gasteiger partial charge in [-0.15, -0.1) is 0 Å². The number of aromatic amines is 1. The number of H-pyrrole nitrogens is 1. The molecule has 0 bridgehead atoms. The normalized spacial score (nSPS) is 10.2. The quantitative estimate of drug-likeness (QED) is 0.787. The monoisotopic (exact) mass is 263 g/mol. The molecule has 0 aliphatic heterocycles. The number of nitrogens with zero attached hydrogens (tertiary/aromatic N) is 1. The average Bonchev–Trinajstić information content (AvgIpc) is 2.78. The molecule has 0 saturated heterocycles. The average molecular weight is 263 g/mol. The van der Waals surface area contributed by atoms with Crippen LogP contribution in [0.25, 0.3) is 0 Å². The van der Waals surface area contributed by atoms with Crippen molar-refractivity contribution in [1.29, 1.82) is 0 Å². The molecule has 2 rings (SSSR count). The summed E-state index contributed by atoms with van der Waals surface area (Å²) in [6.07, 6.45) is 0. The van der Waals surface area contributed by atoms with E-state index >= 15 is 0 Å². The van der Waals surface area contributed by atoms with Gasteiger partial charge >= 0.3 is 5.97 Å². The molecule has 0 atom stereocenters. The highest BCUT2D eigenvalue weighted by molar-refractivity contribution is 6.03. The number of carbonyl (C=O) groups is 2. The molecule has 0 fully saturated rings. The SMILES string of the molecule is Cc1cc(C(=O)Nc2ccc(C(=O)O)cc2F)n[nH]1. The van der Waals surface area contributed by atoms with Gasteiger partial charge in [-0.3, -0.25) is 9.89 Å². The molecule has 7 heteroatoms. The summed E-state index contributed by atoms with van der Waals surface area (Å²) in [5.74, 6) is -2.63. The lowest BCUT2D eigenvalue weighted by atomic mass is 10.2. The number of benzene rings is 1. The minimum Gasteiger partial charge on any atom is -0.478 e. The minimum atomic E-state index is -1.24. The zero-order chi connectivity index (χ0) is 14.0. The Balaban J connectivity index is 2.20. The highest BCUT2D eigenvalue weighted by atomic mass is 19.1. The number of rotatable bonds is 3. The molecule has 0 aliphatic carbocycles. The van der Waals surface area contributed by atoms with E-state index in [-0.39, 0.29) is 16.9 Å². The number of halogens is 1. The fourth-order valence-electron chi connectivity index (χ4n) is 1.47. The predicted octanol–water partition coefficient (Wildman–Crippen LogP) is 1.81. The third-order valence-corrected chi connectivity index (χ3v) is 2.40. The zero-order valence-electron chi connectivity index (χ0n) is 9.90. The van der Waals surface area contributed by atoms with Crippen molar-refractivity contribution in [3.8, 4) is 0 Å². The van der Waals surface area contributed by atoms with Crippen molar-refractivity contribution in [2.45, 2.75) is 6.92 Å². The fourth-order valence-corrected chi connectivity index (χ4v) is 1.47.